The molecular formula is C17H16BN3O2. The molecule has 114 valence electrons. The van der Waals surface area contributed by atoms with Gasteiger partial charge in [0.2, 0.25) is 0 Å². The molecule has 5 nitrogen and oxygen atoms in total. The summed E-state index contributed by atoms with van der Waals surface area (Å²) in [6.45, 7) is 0.228. The summed E-state index contributed by atoms with van der Waals surface area (Å²) in [7, 11) is 2.03. The van der Waals surface area contributed by atoms with Crippen molar-refractivity contribution in [2.75, 3.05) is 5.32 Å². The second kappa shape index (κ2) is 6.83. The lowest BCUT2D eigenvalue weighted by atomic mass is 9.96. The average Bonchev–Trinajstić information content (AvgIpc) is 3.03. The molecule has 3 aromatic rings. The van der Waals surface area contributed by atoms with Crippen LogP contribution in [0.1, 0.15) is 5.56 Å². The standard InChI is InChI=1S/C17H16BN3O2/c18-14-6-8-15(9-7-14)21-12-19-10-16(21)20-17(22)23-11-13-4-2-1-3-5-13/h1-10,12H,11,18H2,(H,20,22). The van der Waals surface area contributed by atoms with Crippen molar-refractivity contribution < 1.29 is 9.53 Å². The maximum atomic E-state index is 11.9. The lowest BCUT2D eigenvalue weighted by Gasteiger charge is -2.10. The summed E-state index contributed by atoms with van der Waals surface area (Å²) >= 11 is 0. The highest BCUT2D eigenvalue weighted by Gasteiger charge is 2.09. The number of carbonyl (C=O) groups is 1. The Labute approximate surface area is 135 Å². The maximum Gasteiger partial charge on any atom is 0.413 e. The molecule has 1 aromatic heterocycles. The van der Waals surface area contributed by atoms with E-state index in [1.54, 1.807) is 17.1 Å². The number of hydrogen-bond acceptors (Lipinski definition) is 3. The number of carbonyl (C=O) groups excluding carboxylic acids is 1. The first-order valence-corrected chi connectivity index (χ1v) is 7.29. The number of aromatic nitrogens is 2. The van der Waals surface area contributed by atoms with Gasteiger partial charge in [0, 0.05) is 5.69 Å². The number of rotatable bonds is 4. The van der Waals surface area contributed by atoms with E-state index in [0.29, 0.717) is 5.82 Å². The van der Waals surface area contributed by atoms with Crippen molar-refractivity contribution in [2.45, 2.75) is 6.61 Å². The predicted octanol–water partition coefficient (Wildman–Crippen LogP) is 1.88. The molecule has 0 atom stereocenters. The fourth-order valence-electron chi connectivity index (χ4n) is 2.16. The molecule has 0 fully saturated rings. The number of amides is 1. The fraction of sp³-hybridized carbons (Fsp3) is 0.0588. The van der Waals surface area contributed by atoms with Crippen LogP contribution in [0, 0.1) is 0 Å². The molecule has 1 heterocycles. The van der Waals surface area contributed by atoms with Crippen molar-refractivity contribution in [3.05, 3.63) is 72.7 Å². The van der Waals surface area contributed by atoms with Crippen LogP contribution in [0.2, 0.25) is 0 Å². The number of anilines is 1. The van der Waals surface area contributed by atoms with E-state index in [1.807, 2.05) is 62.4 Å². The third-order valence-electron chi connectivity index (χ3n) is 3.39. The van der Waals surface area contributed by atoms with Crippen molar-refractivity contribution in [1.82, 2.24) is 9.55 Å². The average molecular weight is 305 g/mol. The second-order valence-electron chi connectivity index (χ2n) is 5.17. The van der Waals surface area contributed by atoms with Gasteiger partial charge in [-0.15, -0.1) is 0 Å². The molecule has 23 heavy (non-hydrogen) atoms. The number of benzene rings is 2. The molecule has 0 unspecified atom stereocenters. The molecule has 0 saturated heterocycles. The Morgan fingerprint density at radius 1 is 1.13 bits per heavy atom. The summed E-state index contributed by atoms with van der Waals surface area (Å²) in [5.41, 5.74) is 3.03. The smallest absolute Gasteiger partial charge is 0.413 e. The number of imidazole rings is 1. The fourth-order valence-corrected chi connectivity index (χ4v) is 2.16. The normalized spacial score (nSPS) is 10.3. The van der Waals surface area contributed by atoms with Crippen molar-refractivity contribution >= 4 is 25.2 Å². The van der Waals surface area contributed by atoms with Gasteiger partial charge in [0.1, 0.15) is 26.6 Å². The minimum atomic E-state index is -0.511. The van der Waals surface area contributed by atoms with Crippen LogP contribution in [-0.4, -0.2) is 23.5 Å². The zero-order chi connectivity index (χ0) is 16.1. The van der Waals surface area contributed by atoms with Gasteiger partial charge in [-0.05, 0) is 17.7 Å². The van der Waals surface area contributed by atoms with Gasteiger partial charge in [-0.25, -0.2) is 9.78 Å². The first-order chi connectivity index (χ1) is 11.2. The van der Waals surface area contributed by atoms with Gasteiger partial charge >= 0.3 is 6.09 Å². The summed E-state index contributed by atoms with van der Waals surface area (Å²) in [4.78, 5) is 16.0. The number of hydrogen-bond donors (Lipinski definition) is 1. The topological polar surface area (TPSA) is 56.2 Å². The highest BCUT2D eigenvalue weighted by atomic mass is 16.5. The number of nitrogens with zero attached hydrogens (tertiary/aromatic N) is 2. The first-order valence-electron chi connectivity index (χ1n) is 7.29. The SMILES string of the molecule is Bc1ccc(-n2cncc2NC(=O)OCc2ccccc2)cc1. The highest BCUT2D eigenvalue weighted by molar-refractivity contribution is 6.32. The predicted molar refractivity (Wildman–Crippen MR) is 92.0 cm³/mol. The molecule has 0 radical (unpaired) electrons. The molecule has 6 heteroatoms. The lowest BCUT2D eigenvalue weighted by molar-refractivity contribution is 0.155. The summed E-state index contributed by atoms with van der Waals surface area (Å²) in [5, 5.41) is 2.71. The molecule has 0 aliphatic rings. The van der Waals surface area contributed by atoms with Gasteiger partial charge in [-0.2, -0.15) is 0 Å². The van der Waals surface area contributed by atoms with Crippen molar-refractivity contribution in [2.24, 2.45) is 0 Å². The van der Waals surface area contributed by atoms with Crippen LogP contribution in [0.5, 0.6) is 0 Å². The van der Waals surface area contributed by atoms with Crippen molar-refractivity contribution in [3.63, 3.8) is 0 Å². The van der Waals surface area contributed by atoms with E-state index in [-0.39, 0.29) is 6.61 Å². The quantitative estimate of drug-likeness (QED) is 0.749. The van der Waals surface area contributed by atoms with Crippen LogP contribution >= 0.6 is 0 Å². The zero-order valence-electron chi connectivity index (χ0n) is 12.8. The maximum absolute atomic E-state index is 11.9. The van der Waals surface area contributed by atoms with Gasteiger partial charge in [0.25, 0.3) is 0 Å². The third kappa shape index (κ3) is 3.80. The Morgan fingerprint density at radius 3 is 2.61 bits per heavy atom. The van der Waals surface area contributed by atoms with E-state index in [1.165, 1.54) is 5.46 Å². The Balaban J connectivity index is 1.65. The first kappa shape index (κ1) is 14.9. The Morgan fingerprint density at radius 2 is 1.87 bits per heavy atom. The molecule has 0 spiro atoms. The summed E-state index contributed by atoms with van der Waals surface area (Å²) in [6, 6.07) is 17.5. The van der Waals surface area contributed by atoms with E-state index in [2.05, 4.69) is 10.3 Å². The molecule has 3 rings (SSSR count). The molecule has 0 aliphatic carbocycles. The molecule has 0 aliphatic heterocycles. The number of nitrogens with one attached hydrogen (secondary N) is 1. The van der Waals surface area contributed by atoms with Gasteiger partial charge in [0.15, 0.2) is 0 Å². The van der Waals surface area contributed by atoms with E-state index in [4.69, 9.17) is 4.74 Å². The van der Waals surface area contributed by atoms with E-state index < -0.39 is 6.09 Å². The van der Waals surface area contributed by atoms with Gasteiger partial charge in [-0.1, -0.05) is 47.9 Å². The minimum Gasteiger partial charge on any atom is -0.444 e. The van der Waals surface area contributed by atoms with Crippen LogP contribution < -0.4 is 10.8 Å². The van der Waals surface area contributed by atoms with Crippen molar-refractivity contribution in [1.29, 1.82) is 0 Å². The third-order valence-corrected chi connectivity index (χ3v) is 3.39. The summed E-state index contributed by atoms with van der Waals surface area (Å²) < 4.78 is 7.02. The van der Waals surface area contributed by atoms with Crippen LogP contribution in [0.3, 0.4) is 0 Å². The Bertz CT molecular complexity index is 785. The van der Waals surface area contributed by atoms with Gasteiger partial charge < -0.3 is 4.74 Å². The minimum absolute atomic E-state index is 0.228. The van der Waals surface area contributed by atoms with E-state index >= 15 is 0 Å². The monoisotopic (exact) mass is 305 g/mol. The van der Waals surface area contributed by atoms with Crippen LogP contribution in [0.15, 0.2) is 67.1 Å². The molecule has 0 saturated carbocycles. The summed E-state index contributed by atoms with van der Waals surface area (Å²) in [6.07, 6.45) is 2.73. The highest BCUT2D eigenvalue weighted by Crippen LogP contribution is 2.15. The Hall–Kier alpha value is -3.02. The van der Waals surface area contributed by atoms with Crippen molar-refractivity contribution in [3.8, 4) is 5.69 Å². The molecule has 2 aromatic carbocycles. The summed E-state index contributed by atoms with van der Waals surface area (Å²) in [5.74, 6) is 0.562. The zero-order valence-corrected chi connectivity index (χ0v) is 12.8. The van der Waals surface area contributed by atoms with Crippen LogP contribution in [-0.2, 0) is 11.3 Å². The lowest BCUT2D eigenvalue weighted by Crippen LogP contribution is -2.16. The van der Waals surface area contributed by atoms with E-state index in [0.717, 1.165) is 11.3 Å². The molecule has 0 bridgehead atoms. The molecule has 1 N–H and O–H groups in total. The van der Waals surface area contributed by atoms with Gasteiger partial charge in [-0.3, -0.25) is 9.88 Å². The number of ether oxygens (including phenoxy) is 1. The van der Waals surface area contributed by atoms with Crippen LogP contribution in [0.4, 0.5) is 10.6 Å². The largest absolute Gasteiger partial charge is 0.444 e. The second-order valence-corrected chi connectivity index (χ2v) is 5.17. The van der Waals surface area contributed by atoms with E-state index in [9.17, 15) is 4.79 Å². The van der Waals surface area contributed by atoms with Gasteiger partial charge in [0.05, 0.1) is 6.20 Å². The Kier molecular flexibility index (Phi) is 4.43. The van der Waals surface area contributed by atoms with Crippen LogP contribution in [0.25, 0.3) is 5.69 Å². The molecule has 1 amide bonds. The molecular weight excluding hydrogens is 289 g/mol.